The molecule has 1 heterocycles. The summed E-state index contributed by atoms with van der Waals surface area (Å²) in [5, 5.41) is 8.83. The van der Waals surface area contributed by atoms with E-state index in [1.807, 2.05) is 18.2 Å². The molecule has 0 aromatic heterocycles. The average molecular weight is 408 g/mol. The normalized spacial score (nSPS) is 21.0. The Labute approximate surface area is 178 Å². The second-order valence-corrected chi connectivity index (χ2v) is 7.76. The first-order valence-electron chi connectivity index (χ1n) is 10.7. The Morgan fingerprint density at radius 1 is 1.10 bits per heavy atom. The van der Waals surface area contributed by atoms with E-state index in [9.17, 15) is 4.79 Å². The molecule has 0 spiro atoms. The number of unbranched alkanes of at least 4 members (excludes halogenated alkanes) is 3. The quantitative estimate of drug-likeness (QED) is 0.314. The standard InChI is InChI=1S/C25H29NO4/c1-3-4-5-6-7-22-17-28-25(29-18(22)2)21-12-10-20(11-13-21)24(27)30-23-14-8-19(16-26)9-15-23/h8-15,18,22,25H,3-7,17H2,1-2H3. The summed E-state index contributed by atoms with van der Waals surface area (Å²) in [5.74, 6) is 0.387. The molecule has 0 saturated carbocycles. The molecule has 3 rings (SSSR count). The molecule has 3 atom stereocenters. The van der Waals surface area contributed by atoms with Crippen molar-refractivity contribution in [1.82, 2.24) is 0 Å². The summed E-state index contributed by atoms with van der Waals surface area (Å²) < 4.78 is 17.4. The third kappa shape index (κ3) is 5.91. The number of ether oxygens (including phenoxy) is 3. The minimum Gasteiger partial charge on any atom is -0.423 e. The fourth-order valence-electron chi connectivity index (χ4n) is 3.56. The van der Waals surface area contributed by atoms with Gasteiger partial charge in [-0.3, -0.25) is 0 Å². The van der Waals surface area contributed by atoms with Crippen LogP contribution in [-0.4, -0.2) is 18.7 Å². The van der Waals surface area contributed by atoms with E-state index in [-0.39, 0.29) is 6.10 Å². The third-order valence-electron chi connectivity index (χ3n) is 5.50. The fraction of sp³-hybridized carbons (Fsp3) is 0.440. The maximum atomic E-state index is 12.3. The molecule has 3 unspecified atom stereocenters. The summed E-state index contributed by atoms with van der Waals surface area (Å²) in [7, 11) is 0. The summed E-state index contributed by atoms with van der Waals surface area (Å²) in [5.41, 5.74) is 1.85. The van der Waals surface area contributed by atoms with Crippen molar-refractivity contribution in [1.29, 1.82) is 5.26 Å². The monoisotopic (exact) mass is 407 g/mol. The van der Waals surface area contributed by atoms with Crippen molar-refractivity contribution in [2.75, 3.05) is 6.61 Å². The molecule has 0 bridgehead atoms. The van der Waals surface area contributed by atoms with E-state index in [4.69, 9.17) is 19.5 Å². The summed E-state index contributed by atoms with van der Waals surface area (Å²) in [6, 6.07) is 15.6. The van der Waals surface area contributed by atoms with Gasteiger partial charge in [0.15, 0.2) is 6.29 Å². The minimum atomic E-state index is -0.447. The zero-order valence-corrected chi connectivity index (χ0v) is 17.7. The van der Waals surface area contributed by atoms with Gasteiger partial charge in [0.25, 0.3) is 0 Å². The van der Waals surface area contributed by atoms with Gasteiger partial charge < -0.3 is 14.2 Å². The predicted molar refractivity (Wildman–Crippen MR) is 114 cm³/mol. The molecular weight excluding hydrogens is 378 g/mol. The molecular formula is C25H29NO4. The number of esters is 1. The van der Waals surface area contributed by atoms with Crippen LogP contribution in [0.5, 0.6) is 5.75 Å². The van der Waals surface area contributed by atoms with E-state index < -0.39 is 12.3 Å². The second-order valence-electron chi connectivity index (χ2n) is 7.76. The van der Waals surface area contributed by atoms with E-state index in [1.54, 1.807) is 36.4 Å². The SMILES string of the molecule is CCCCCCC1COC(c2ccc(C(=O)Oc3ccc(C#N)cc3)cc2)OC1C. The zero-order valence-electron chi connectivity index (χ0n) is 17.7. The highest BCUT2D eigenvalue weighted by Crippen LogP contribution is 2.31. The maximum Gasteiger partial charge on any atom is 0.343 e. The van der Waals surface area contributed by atoms with Gasteiger partial charge in [-0.1, -0.05) is 44.7 Å². The largest absolute Gasteiger partial charge is 0.423 e. The number of rotatable bonds is 8. The molecule has 2 aromatic carbocycles. The number of nitrogens with zero attached hydrogens (tertiary/aromatic N) is 1. The number of nitriles is 1. The number of carbonyl (C=O) groups excluding carboxylic acids is 1. The number of benzene rings is 2. The Morgan fingerprint density at radius 3 is 2.47 bits per heavy atom. The highest BCUT2D eigenvalue weighted by Gasteiger charge is 2.29. The first kappa shape index (κ1) is 22.0. The molecule has 0 amide bonds. The Balaban J connectivity index is 1.52. The van der Waals surface area contributed by atoms with Crippen molar-refractivity contribution in [3.05, 3.63) is 65.2 Å². The summed E-state index contributed by atoms with van der Waals surface area (Å²) >= 11 is 0. The molecule has 2 aromatic rings. The molecule has 1 fully saturated rings. The average Bonchev–Trinajstić information content (AvgIpc) is 2.78. The van der Waals surface area contributed by atoms with Gasteiger partial charge in [0.05, 0.1) is 29.9 Å². The lowest BCUT2D eigenvalue weighted by Gasteiger charge is -2.35. The molecule has 30 heavy (non-hydrogen) atoms. The topological polar surface area (TPSA) is 68.5 Å². The van der Waals surface area contributed by atoms with Crippen LogP contribution in [-0.2, 0) is 9.47 Å². The molecule has 158 valence electrons. The van der Waals surface area contributed by atoms with E-state index in [2.05, 4.69) is 13.8 Å². The highest BCUT2D eigenvalue weighted by atomic mass is 16.7. The van der Waals surface area contributed by atoms with Gasteiger partial charge >= 0.3 is 5.97 Å². The lowest BCUT2D eigenvalue weighted by atomic mass is 9.95. The molecule has 1 aliphatic rings. The van der Waals surface area contributed by atoms with Crippen LogP contribution >= 0.6 is 0 Å². The maximum absolute atomic E-state index is 12.3. The predicted octanol–water partition coefficient (Wildman–Crippen LogP) is 5.80. The van der Waals surface area contributed by atoms with Crippen molar-refractivity contribution in [3.63, 3.8) is 0 Å². The van der Waals surface area contributed by atoms with Gasteiger partial charge in [-0.05, 0) is 49.7 Å². The highest BCUT2D eigenvalue weighted by molar-refractivity contribution is 5.91. The Bertz CT molecular complexity index is 854. The Kier molecular flexibility index (Phi) is 8.01. The number of hydrogen-bond donors (Lipinski definition) is 0. The van der Waals surface area contributed by atoms with Crippen LogP contribution in [0, 0.1) is 17.2 Å². The molecule has 5 heteroatoms. The van der Waals surface area contributed by atoms with Crippen molar-refractivity contribution >= 4 is 5.97 Å². The molecule has 5 nitrogen and oxygen atoms in total. The van der Waals surface area contributed by atoms with E-state index in [1.165, 1.54) is 25.7 Å². The Morgan fingerprint density at radius 2 is 1.83 bits per heavy atom. The summed E-state index contributed by atoms with van der Waals surface area (Å²) in [4.78, 5) is 12.3. The molecule has 0 radical (unpaired) electrons. The first-order valence-corrected chi connectivity index (χ1v) is 10.7. The minimum absolute atomic E-state index is 0.145. The van der Waals surface area contributed by atoms with E-state index in [0.29, 0.717) is 29.4 Å². The zero-order chi connectivity index (χ0) is 21.3. The van der Waals surface area contributed by atoms with Crippen LogP contribution in [0.15, 0.2) is 48.5 Å². The summed E-state index contributed by atoms with van der Waals surface area (Å²) in [6.45, 7) is 5.03. The van der Waals surface area contributed by atoms with Gasteiger partial charge in [0.1, 0.15) is 5.75 Å². The van der Waals surface area contributed by atoms with Crippen LogP contribution in [0.4, 0.5) is 0 Å². The smallest absolute Gasteiger partial charge is 0.343 e. The van der Waals surface area contributed by atoms with Crippen molar-refractivity contribution in [2.45, 2.75) is 58.3 Å². The Hall–Kier alpha value is -2.68. The second kappa shape index (κ2) is 10.9. The van der Waals surface area contributed by atoms with Crippen LogP contribution in [0.1, 0.15) is 73.7 Å². The molecule has 1 saturated heterocycles. The van der Waals surface area contributed by atoms with Crippen molar-refractivity contribution < 1.29 is 19.0 Å². The molecule has 0 N–H and O–H groups in total. The van der Waals surface area contributed by atoms with Crippen LogP contribution in [0.25, 0.3) is 0 Å². The molecule has 0 aliphatic carbocycles. The first-order chi connectivity index (χ1) is 14.6. The van der Waals surface area contributed by atoms with Crippen LogP contribution in [0.3, 0.4) is 0 Å². The van der Waals surface area contributed by atoms with Gasteiger partial charge in [-0.25, -0.2) is 4.79 Å². The van der Waals surface area contributed by atoms with Gasteiger partial charge in [0.2, 0.25) is 0 Å². The van der Waals surface area contributed by atoms with Crippen molar-refractivity contribution in [2.24, 2.45) is 5.92 Å². The van der Waals surface area contributed by atoms with Gasteiger partial charge in [-0.2, -0.15) is 5.26 Å². The van der Waals surface area contributed by atoms with Crippen LogP contribution < -0.4 is 4.74 Å². The van der Waals surface area contributed by atoms with Crippen LogP contribution in [0.2, 0.25) is 0 Å². The molecule has 1 aliphatic heterocycles. The van der Waals surface area contributed by atoms with E-state index >= 15 is 0 Å². The van der Waals surface area contributed by atoms with E-state index in [0.717, 1.165) is 12.0 Å². The lowest BCUT2D eigenvalue weighted by Crippen LogP contribution is -2.34. The lowest BCUT2D eigenvalue weighted by molar-refractivity contribution is -0.237. The number of hydrogen-bond acceptors (Lipinski definition) is 5. The summed E-state index contributed by atoms with van der Waals surface area (Å²) in [6.07, 6.45) is 5.88. The third-order valence-corrected chi connectivity index (χ3v) is 5.50. The number of carbonyl (C=O) groups is 1. The fourth-order valence-corrected chi connectivity index (χ4v) is 3.56. The van der Waals surface area contributed by atoms with Gasteiger partial charge in [0, 0.05) is 11.5 Å². The van der Waals surface area contributed by atoms with Crippen molar-refractivity contribution in [3.8, 4) is 11.8 Å². The van der Waals surface area contributed by atoms with Gasteiger partial charge in [-0.15, -0.1) is 0 Å².